The lowest BCUT2D eigenvalue weighted by Gasteiger charge is -1.98. The van der Waals surface area contributed by atoms with Crippen molar-refractivity contribution in [1.29, 1.82) is 0 Å². The quantitative estimate of drug-likeness (QED) is 0.427. The van der Waals surface area contributed by atoms with Gasteiger partial charge in [0.15, 0.2) is 0 Å². The van der Waals surface area contributed by atoms with Crippen LogP contribution in [0.1, 0.15) is 22.5 Å². The topological polar surface area (TPSA) is 12.9 Å². The van der Waals surface area contributed by atoms with Gasteiger partial charge in [-0.05, 0) is 59.7 Å². The number of nitrogens with zero attached hydrogens (tertiary/aromatic N) is 1. The summed E-state index contributed by atoms with van der Waals surface area (Å²) in [5.74, 6) is 0. The van der Waals surface area contributed by atoms with E-state index in [4.69, 9.17) is 0 Å². The van der Waals surface area contributed by atoms with E-state index in [0.29, 0.717) is 0 Å². The normalized spacial score (nSPS) is 11.4. The van der Waals surface area contributed by atoms with E-state index in [1.165, 1.54) is 0 Å². The third-order valence-electron chi connectivity index (χ3n) is 3.43. The summed E-state index contributed by atoms with van der Waals surface area (Å²) in [5, 5.41) is 0. The zero-order valence-electron chi connectivity index (χ0n) is 12.9. The Balaban J connectivity index is 1.74. The molecular weight excluding hydrogens is 426 g/mol. The first-order valence-electron chi connectivity index (χ1n) is 7.53. The molecule has 0 radical (unpaired) electrons. The molecule has 0 aliphatic carbocycles. The summed E-state index contributed by atoms with van der Waals surface area (Å²) < 4.78 is 2.16. The molecule has 3 heteroatoms. The predicted octanol–water partition coefficient (Wildman–Crippen LogP) is 6.95. The lowest BCUT2D eigenvalue weighted by molar-refractivity contribution is 1.27. The summed E-state index contributed by atoms with van der Waals surface area (Å²) >= 11 is 6.89. The van der Waals surface area contributed by atoms with E-state index in [-0.39, 0.29) is 0 Å². The van der Waals surface area contributed by atoms with Gasteiger partial charge in [-0.3, -0.25) is 0 Å². The van der Waals surface area contributed by atoms with Crippen LogP contribution in [0.2, 0.25) is 0 Å². The average molecular weight is 441 g/mol. The number of rotatable bonds is 4. The van der Waals surface area contributed by atoms with Crippen molar-refractivity contribution in [3.63, 3.8) is 0 Å². The first kappa shape index (κ1) is 16.9. The molecule has 0 N–H and O–H groups in total. The summed E-state index contributed by atoms with van der Waals surface area (Å²) in [7, 11) is 0. The van der Waals surface area contributed by atoms with Crippen LogP contribution in [0.3, 0.4) is 0 Å². The van der Waals surface area contributed by atoms with E-state index in [2.05, 4.69) is 73.3 Å². The van der Waals surface area contributed by atoms with E-state index in [1.807, 2.05) is 54.6 Å². The number of hydrogen-bond donors (Lipinski definition) is 0. The highest BCUT2D eigenvalue weighted by Crippen LogP contribution is 2.15. The second kappa shape index (κ2) is 8.22. The molecule has 0 fully saturated rings. The molecule has 0 saturated heterocycles. The van der Waals surface area contributed by atoms with Gasteiger partial charge in [-0.2, -0.15) is 0 Å². The lowest BCUT2D eigenvalue weighted by Crippen LogP contribution is -1.84. The van der Waals surface area contributed by atoms with Crippen molar-refractivity contribution in [2.45, 2.75) is 0 Å². The van der Waals surface area contributed by atoms with Crippen molar-refractivity contribution >= 4 is 56.2 Å². The maximum Gasteiger partial charge on any atom is 0.0637 e. The summed E-state index contributed by atoms with van der Waals surface area (Å²) in [6.07, 6.45) is 8.19. The first-order chi connectivity index (χ1) is 11.7. The van der Waals surface area contributed by atoms with Gasteiger partial charge in [0.25, 0.3) is 0 Å². The first-order valence-corrected chi connectivity index (χ1v) is 9.12. The molecule has 0 atom stereocenters. The Bertz CT molecular complexity index is 792. The van der Waals surface area contributed by atoms with Gasteiger partial charge in [-0.1, -0.05) is 74.3 Å². The Hall–Kier alpha value is -1.97. The summed E-state index contributed by atoms with van der Waals surface area (Å²) in [6.45, 7) is 0. The zero-order valence-corrected chi connectivity index (χ0v) is 16.0. The molecule has 3 aromatic rings. The van der Waals surface area contributed by atoms with Crippen LogP contribution < -0.4 is 0 Å². The van der Waals surface area contributed by atoms with Crippen LogP contribution in [0.4, 0.5) is 0 Å². The maximum absolute atomic E-state index is 4.65. The number of hydrogen-bond acceptors (Lipinski definition) is 1. The average Bonchev–Trinajstić information content (AvgIpc) is 2.61. The third-order valence-corrected chi connectivity index (χ3v) is 4.48. The highest BCUT2D eigenvalue weighted by atomic mass is 79.9. The van der Waals surface area contributed by atoms with Crippen LogP contribution in [-0.4, -0.2) is 4.98 Å². The molecule has 0 bridgehead atoms. The van der Waals surface area contributed by atoms with Crippen LogP contribution in [-0.2, 0) is 0 Å². The second-order valence-electron chi connectivity index (χ2n) is 5.26. The van der Waals surface area contributed by atoms with Crippen LogP contribution >= 0.6 is 31.9 Å². The van der Waals surface area contributed by atoms with Gasteiger partial charge >= 0.3 is 0 Å². The summed E-state index contributed by atoms with van der Waals surface area (Å²) in [5.41, 5.74) is 4.18. The standard InChI is InChI=1S/C21H15Br2N/c22-18-10-4-16(5-11-18)8-14-20-2-1-3-21(24-20)15-9-17-6-12-19(23)13-7-17/h1-15H/b14-8+,15-9+. The monoisotopic (exact) mass is 439 g/mol. The van der Waals surface area contributed by atoms with E-state index >= 15 is 0 Å². The van der Waals surface area contributed by atoms with Crippen molar-refractivity contribution in [1.82, 2.24) is 4.98 Å². The molecule has 0 spiro atoms. The Morgan fingerprint density at radius 2 is 0.958 bits per heavy atom. The molecule has 0 aliphatic rings. The van der Waals surface area contributed by atoms with Crippen molar-refractivity contribution in [2.75, 3.05) is 0 Å². The zero-order chi connectivity index (χ0) is 16.8. The van der Waals surface area contributed by atoms with E-state index in [0.717, 1.165) is 31.5 Å². The number of halogens is 2. The van der Waals surface area contributed by atoms with Gasteiger partial charge in [0.05, 0.1) is 11.4 Å². The second-order valence-corrected chi connectivity index (χ2v) is 7.09. The Morgan fingerprint density at radius 3 is 1.38 bits per heavy atom. The van der Waals surface area contributed by atoms with Crippen molar-refractivity contribution in [2.24, 2.45) is 0 Å². The SMILES string of the molecule is Brc1ccc(/C=C/c2cccc(/C=C/c3ccc(Br)cc3)n2)cc1. The molecule has 0 aliphatic heterocycles. The highest BCUT2D eigenvalue weighted by molar-refractivity contribution is 9.10. The number of aromatic nitrogens is 1. The molecule has 1 aromatic heterocycles. The molecule has 0 unspecified atom stereocenters. The predicted molar refractivity (Wildman–Crippen MR) is 110 cm³/mol. The van der Waals surface area contributed by atoms with Gasteiger partial charge < -0.3 is 0 Å². The van der Waals surface area contributed by atoms with Crippen LogP contribution in [0.5, 0.6) is 0 Å². The van der Waals surface area contributed by atoms with Crippen molar-refractivity contribution < 1.29 is 0 Å². The molecule has 1 heterocycles. The smallest absolute Gasteiger partial charge is 0.0637 e. The van der Waals surface area contributed by atoms with Crippen LogP contribution in [0, 0.1) is 0 Å². The van der Waals surface area contributed by atoms with Crippen molar-refractivity contribution in [3.05, 3.63) is 98.2 Å². The van der Waals surface area contributed by atoms with Gasteiger partial charge in [0.2, 0.25) is 0 Å². The minimum Gasteiger partial charge on any atom is -0.249 e. The summed E-state index contributed by atoms with van der Waals surface area (Å²) in [6, 6.07) is 22.4. The highest BCUT2D eigenvalue weighted by Gasteiger charge is 1.94. The lowest BCUT2D eigenvalue weighted by atomic mass is 10.2. The minimum absolute atomic E-state index is 0.941. The van der Waals surface area contributed by atoms with E-state index in [1.54, 1.807) is 0 Å². The maximum atomic E-state index is 4.65. The molecule has 0 amide bonds. The van der Waals surface area contributed by atoms with Gasteiger partial charge in [-0.15, -0.1) is 0 Å². The fourth-order valence-corrected chi connectivity index (χ4v) is 2.69. The van der Waals surface area contributed by atoms with E-state index < -0.39 is 0 Å². The molecule has 3 rings (SSSR count). The fraction of sp³-hybridized carbons (Fsp3) is 0. The van der Waals surface area contributed by atoms with Crippen molar-refractivity contribution in [3.8, 4) is 0 Å². The third kappa shape index (κ3) is 5.02. The summed E-state index contributed by atoms with van der Waals surface area (Å²) in [4.78, 5) is 4.65. The molecule has 2 aromatic carbocycles. The molecule has 118 valence electrons. The van der Waals surface area contributed by atoms with Gasteiger partial charge in [0, 0.05) is 8.95 Å². The fourth-order valence-electron chi connectivity index (χ4n) is 2.17. The molecule has 0 saturated carbocycles. The molecule has 24 heavy (non-hydrogen) atoms. The Kier molecular flexibility index (Phi) is 5.78. The largest absolute Gasteiger partial charge is 0.249 e. The molecular formula is C21H15Br2N. The Morgan fingerprint density at radius 1 is 0.542 bits per heavy atom. The van der Waals surface area contributed by atoms with Crippen LogP contribution in [0.25, 0.3) is 24.3 Å². The van der Waals surface area contributed by atoms with E-state index in [9.17, 15) is 0 Å². The van der Waals surface area contributed by atoms with Gasteiger partial charge in [0.1, 0.15) is 0 Å². The van der Waals surface area contributed by atoms with Gasteiger partial charge in [-0.25, -0.2) is 4.98 Å². The number of benzene rings is 2. The minimum atomic E-state index is 0.941. The Labute approximate surface area is 159 Å². The number of pyridine rings is 1. The molecule has 1 nitrogen and oxygen atoms in total. The van der Waals surface area contributed by atoms with Crippen LogP contribution in [0.15, 0.2) is 75.7 Å².